The van der Waals surface area contributed by atoms with Gasteiger partial charge in [-0.05, 0) is 44.5 Å². The van der Waals surface area contributed by atoms with Crippen LogP contribution in [0.2, 0.25) is 0 Å². The van der Waals surface area contributed by atoms with Gasteiger partial charge < -0.3 is 10.6 Å². The predicted molar refractivity (Wildman–Crippen MR) is 78.2 cm³/mol. The van der Waals surface area contributed by atoms with Crippen LogP contribution in [0, 0.1) is 6.92 Å². The number of sulfonamides is 1. The van der Waals surface area contributed by atoms with E-state index in [2.05, 4.69) is 36.0 Å². The Bertz CT molecular complexity index is 460. The van der Waals surface area contributed by atoms with Gasteiger partial charge in [-0.3, -0.25) is 0 Å². The SMILES string of the molecule is CCN(CC)c1ccc(N)c(C)c1.CS(N)(=O)=O. The Morgan fingerprint density at radius 3 is 2.00 bits per heavy atom. The molecular weight excluding hydrogens is 250 g/mol. The monoisotopic (exact) mass is 273 g/mol. The Hall–Kier alpha value is -1.27. The molecule has 0 unspecified atom stereocenters. The molecule has 0 fully saturated rings. The highest BCUT2D eigenvalue weighted by molar-refractivity contribution is 7.88. The summed E-state index contributed by atoms with van der Waals surface area (Å²) in [7, 11) is -3.17. The maximum Gasteiger partial charge on any atom is 0.206 e. The molecule has 1 aromatic rings. The third kappa shape index (κ3) is 7.13. The summed E-state index contributed by atoms with van der Waals surface area (Å²) in [5.41, 5.74) is 9.04. The zero-order valence-electron chi connectivity index (χ0n) is 11.5. The summed E-state index contributed by atoms with van der Waals surface area (Å²) in [4.78, 5) is 2.31. The summed E-state index contributed by atoms with van der Waals surface area (Å²) in [5.74, 6) is 0. The number of rotatable bonds is 3. The molecule has 0 saturated carbocycles. The van der Waals surface area contributed by atoms with Crippen LogP contribution in [-0.2, 0) is 10.0 Å². The topological polar surface area (TPSA) is 89.4 Å². The number of nitrogen functional groups attached to an aromatic ring is 1. The van der Waals surface area contributed by atoms with Gasteiger partial charge in [0.1, 0.15) is 0 Å². The van der Waals surface area contributed by atoms with Crippen molar-refractivity contribution in [2.45, 2.75) is 20.8 Å². The second-order valence-electron chi connectivity index (χ2n) is 4.04. The molecule has 5 nitrogen and oxygen atoms in total. The molecule has 0 spiro atoms. The molecule has 18 heavy (non-hydrogen) atoms. The lowest BCUT2D eigenvalue weighted by atomic mass is 10.1. The lowest BCUT2D eigenvalue weighted by Crippen LogP contribution is -2.21. The van der Waals surface area contributed by atoms with E-state index in [0.717, 1.165) is 30.6 Å². The minimum Gasteiger partial charge on any atom is -0.399 e. The smallest absolute Gasteiger partial charge is 0.206 e. The molecule has 0 aromatic heterocycles. The number of aryl methyl sites for hydroxylation is 1. The van der Waals surface area contributed by atoms with Crippen molar-refractivity contribution in [3.63, 3.8) is 0 Å². The number of nitrogens with two attached hydrogens (primary N) is 2. The minimum absolute atomic E-state index is 0.871. The van der Waals surface area contributed by atoms with E-state index in [1.54, 1.807) is 0 Å². The first-order chi connectivity index (χ1) is 8.19. The summed E-state index contributed by atoms with van der Waals surface area (Å²) in [6, 6.07) is 6.20. The van der Waals surface area contributed by atoms with Crippen LogP contribution in [0.1, 0.15) is 19.4 Å². The van der Waals surface area contributed by atoms with E-state index in [9.17, 15) is 8.42 Å². The second kappa shape index (κ2) is 7.23. The van der Waals surface area contributed by atoms with Gasteiger partial charge in [-0.1, -0.05) is 0 Å². The van der Waals surface area contributed by atoms with Crippen LogP contribution in [0.4, 0.5) is 11.4 Å². The van der Waals surface area contributed by atoms with Gasteiger partial charge in [-0.2, -0.15) is 0 Å². The summed E-state index contributed by atoms with van der Waals surface area (Å²) in [5, 5.41) is 4.33. The van der Waals surface area contributed by atoms with Crippen LogP contribution in [0.3, 0.4) is 0 Å². The van der Waals surface area contributed by atoms with Crippen molar-refractivity contribution >= 4 is 21.4 Å². The van der Waals surface area contributed by atoms with Gasteiger partial charge in [-0.15, -0.1) is 0 Å². The molecule has 0 aliphatic carbocycles. The van der Waals surface area contributed by atoms with E-state index >= 15 is 0 Å². The number of nitrogens with zero attached hydrogens (tertiary/aromatic N) is 1. The third-order valence-corrected chi connectivity index (χ3v) is 2.38. The van der Waals surface area contributed by atoms with Crippen LogP contribution in [-0.4, -0.2) is 27.8 Å². The molecular formula is C12H23N3O2S. The average molecular weight is 273 g/mol. The van der Waals surface area contributed by atoms with Gasteiger partial charge in [0.05, 0.1) is 6.26 Å². The Balaban J connectivity index is 0.000000494. The first-order valence-corrected chi connectivity index (χ1v) is 7.73. The maximum atomic E-state index is 9.41. The quantitative estimate of drug-likeness (QED) is 0.813. The largest absolute Gasteiger partial charge is 0.399 e. The molecule has 0 bridgehead atoms. The van der Waals surface area contributed by atoms with E-state index in [1.807, 2.05) is 13.0 Å². The van der Waals surface area contributed by atoms with Crippen molar-refractivity contribution in [2.75, 3.05) is 30.0 Å². The summed E-state index contributed by atoms with van der Waals surface area (Å²) >= 11 is 0. The molecule has 1 rings (SSSR count). The van der Waals surface area contributed by atoms with Crippen molar-refractivity contribution in [1.29, 1.82) is 0 Å². The molecule has 0 amide bonds. The molecule has 1 aromatic carbocycles. The molecule has 0 aliphatic rings. The fourth-order valence-electron chi connectivity index (χ4n) is 1.45. The normalized spacial score (nSPS) is 10.5. The Morgan fingerprint density at radius 1 is 1.22 bits per heavy atom. The van der Waals surface area contributed by atoms with Crippen molar-refractivity contribution in [1.82, 2.24) is 0 Å². The number of hydrogen-bond acceptors (Lipinski definition) is 4. The average Bonchev–Trinajstić information content (AvgIpc) is 2.22. The number of anilines is 2. The molecule has 0 radical (unpaired) electrons. The highest BCUT2D eigenvalue weighted by atomic mass is 32.2. The van der Waals surface area contributed by atoms with Crippen LogP contribution in [0.15, 0.2) is 18.2 Å². The van der Waals surface area contributed by atoms with Gasteiger partial charge in [0.2, 0.25) is 10.0 Å². The number of hydrogen-bond donors (Lipinski definition) is 2. The summed E-state index contributed by atoms with van der Waals surface area (Å²) in [6.07, 6.45) is 0.938. The highest BCUT2D eigenvalue weighted by Crippen LogP contribution is 2.19. The molecule has 0 atom stereocenters. The highest BCUT2D eigenvalue weighted by Gasteiger charge is 2.02. The van der Waals surface area contributed by atoms with Gasteiger partial charge in [0.25, 0.3) is 0 Å². The first kappa shape index (κ1) is 16.7. The Kier molecular flexibility index (Phi) is 6.72. The fourth-order valence-corrected chi connectivity index (χ4v) is 1.45. The van der Waals surface area contributed by atoms with Gasteiger partial charge in [0.15, 0.2) is 0 Å². The molecule has 0 heterocycles. The molecule has 4 N–H and O–H groups in total. The summed E-state index contributed by atoms with van der Waals surface area (Å²) < 4.78 is 18.8. The molecule has 0 aliphatic heterocycles. The fraction of sp³-hybridized carbons (Fsp3) is 0.500. The first-order valence-electron chi connectivity index (χ1n) is 5.77. The lowest BCUT2D eigenvalue weighted by molar-refractivity contribution is 0.603. The van der Waals surface area contributed by atoms with Crippen molar-refractivity contribution in [3.8, 4) is 0 Å². The third-order valence-electron chi connectivity index (χ3n) is 2.38. The maximum absolute atomic E-state index is 9.41. The molecule has 6 heteroatoms. The molecule has 104 valence electrons. The van der Waals surface area contributed by atoms with Gasteiger partial charge in [-0.25, -0.2) is 13.6 Å². The number of benzene rings is 1. The van der Waals surface area contributed by atoms with Crippen molar-refractivity contribution in [3.05, 3.63) is 23.8 Å². The zero-order valence-corrected chi connectivity index (χ0v) is 12.3. The van der Waals surface area contributed by atoms with Crippen LogP contribution < -0.4 is 15.8 Å². The predicted octanol–water partition coefficient (Wildman–Crippen LogP) is 1.33. The zero-order chi connectivity index (χ0) is 14.3. The minimum atomic E-state index is -3.17. The van der Waals surface area contributed by atoms with E-state index in [4.69, 9.17) is 5.73 Å². The van der Waals surface area contributed by atoms with E-state index in [0.29, 0.717) is 0 Å². The summed E-state index contributed by atoms with van der Waals surface area (Å²) in [6.45, 7) is 8.45. The van der Waals surface area contributed by atoms with E-state index in [-0.39, 0.29) is 0 Å². The van der Waals surface area contributed by atoms with E-state index < -0.39 is 10.0 Å². The number of primary sulfonamides is 1. The van der Waals surface area contributed by atoms with Crippen LogP contribution in [0.5, 0.6) is 0 Å². The standard InChI is InChI=1S/C11H18N2.CH5NO2S/c1-4-13(5-2)10-6-7-11(12)9(3)8-10;1-5(2,3)4/h6-8H,4-5,12H2,1-3H3;1H3,(H2,2,3,4). The Labute approximate surface area is 110 Å². The molecule has 0 saturated heterocycles. The van der Waals surface area contributed by atoms with Crippen LogP contribution >= 0.6 is 0 Å². The van der Waals surface area contributed by atoms with Crippen molar-refractivity contribution < 1.29 is 8.42 Å². The lowest BCUT2D eigenvalue weighted by Gasteiger charge is -2.21. The van der Waals surface area contributed by atoms with E-state index in [1.165, 1.54) is 5.69 Å². The van der Waals surface area contributed by atoms with Crippen molar-refractivity contribution in [2.24, 2.45) is 5.14 Å². The van der Waals surface area contributed by atoms with Gasteiger partial charge >= 0.3 is 0 Å². The van der Waals surface area contributed by atoms with Gasteiger partial charge in [0, 0.05) is 24.5 Å². The van der Waals surface area contributed by atoms with Crippen LogP contribution in [0.25, 0.3) is 0 Å². The Morgan fingerprint density at radius 2 is 1.67 bits per heavy atom. The second-order valence-corrected chi connectivity index (χ2v) is 5.70.